The third-order valence-corrected chi connectivity index (χ3v) is 4.31. The molecule has 1 aromatic carbocycles. The number of rotatable bonds is 3. The van der Waals surface area contributed by atoms with Gasteiger partial charge in [-0.25, -0.2) is 0 Å². The SMILES string of the molecule is CCN(CC)C(=O)c1cc(Cl)c(Cl)c2c1C(=O)CC2. The molecule has 1 aliphatic carbocycles. The normalized spacial score (nSPS) is 13.6. The Morgan fingerprint density at radius 2 is 1.89 bits per heavy atom. The van der Waals surface area contributed by atoms with E-state index in [2.05, 4.69) is 0 Å². The minimum absolute atomic E-state index is 0.0240. The van der Waals surface area contributed by atoms with Crippen LogP contribution in [0.5, 0.6) is 0 Å². The van der Waals surface area contributed by atoms with Crippen molar-refractivity contribution in [2.24, 2.45) is 0 Å². The van der Waals surface area contributed by atoms with E-state index in [0.29, 0.717) is 47.1 Å². The molecule has 0 atom stereocenters. The smallest absolute Gasteiger partial charge is 0.254 e. The first kappa shape index (κ1) is 14.4. The quantitative estimate of drug-likeness (QED) is 0.855. The van der Waals surface area contributed by atoms with Crippen LogP contribution in [0.4, 0.5) is 0 Å². The molecule has 0 N–H and O–H groups in total. The number of carbonyl (C=O) groups is 2. The van der Waals surface area contributed by atoms with Gasteiger partial charge in [-0.2, -0.15) is 0 Å². The molecule has 0 spiro atoms. The van der Waals surface area contributed by atoms with E-state index in [1.165, 1.54) is 6.07 Å². The average molecular weight is 300 g/mol. The zero-order chi connectivity index (χ0) is 14.2. The van der Waals surface area contributed by atoms with Crippen LogP contribution in [0.2, 0.25) is 10.0 Å². The number of carbonyl (C=O) groups excluding carboxylic acids is 2. The van der Waals surface area contributed by atoms with Gasteiger partial charge in [0, 0.05) is 25.1 Å². The van der Waals surface area contributed by atoms with Gasteiger partial charge in [0.15, 0.2) is 5.78 Å². The Balaban J connectivity index is 2.59. The van der Waals surface area contributed by atoms with Crippen LogP contribution in [0.1, 0.15) is 46.5 Å². The van der Waals surface area contributed by atoms with Crippen LogP contribution in [-0.2, 0) is 6.42 Å². The zero-order valence-electron chi connectivity index (χ0n) is 10.9. The molecule has 102 valence electrons. The van der Waals surface area contributed by atoms with Crippen molar-refractivity contribution in [3.8, 4) is 0 Å². The highest BCUT2D eigenvalue weighted by Crippen LogP contribution is 2.37. The summed E-state index contributed by atoms with van der Waals surface area (Å²) in [6.07, 6.45) is 0.958. The van der Waals surface area contributed by atoms with Gasteiger partial charge in [0.25, 0.3) is 5.91 Å². The lowest BCUT2D eigenvalue weighted by Gasteiger charge is -2.20. The number of ketones is 1. The summed E-state index contributed by atoms with van der Waals surface area (Å²) in [5, 5.41) is 0.740. The number of nitrogens with zero attached hydrogens (tertiary/aromatic N) is 1. The largest absolute Gasteiger partial charge is 0.339 e. The Kier molecular flexibility index (Phi) is 4.16. The molecule has 0 radical (unpaired) electrons. The number of fused-ring (bicyclic) bond motifs is 1. The maximum Gasteiger partial charge on any atom is 0.254 e. The van der Waals surface area contributed by atoms with Gasteiger partial charge >= 0.3 is 0 Å². The van der Waals surface area contributed by atoms with E-state index in [-0.39, 0.29) is 11.7 Å². The van der Waals surface area contributed by atoms with Crippen LogP contribution in [0, 0.1) is 0 Å². The molecule has 1 aliphatic rings. The van der Waals surface area contributed by atoms with E-state index >= 15 is 0 Å². The summed E-state index contributed by atoms with van der Waals surface area (Å²) >= 11 is 12.2. The minimum Gasteiger partial charge on any atom is -0.339 e. The molecule has 1 amide bonds. The van der Waals surface area contributed by atoms with Crippen LogP contribution in [0.15, 0.2) is 6.07 Å². The van der Waals surface area contributed by atoms with Gasteiger partial charge in [0.2, 0.25) is 0 Å². The van der Waals surface area contributed by atoms with Crippen molar-refractivity contribution in [3.05, 3.63) is 32.8 Å². The third-order valence-electron chi connectivity index (χ3n) is 3.48. The lowest BCUT2D eigenvalue weighted by atomic mass is 10.0. The van der Waals surface area contributed by atoms with Gasteiger partial charge in [-0.05, 0) is 31.9 Å². The second kappa shape index (κ2) is 5.51. The van der Waals surface area contributed by atoms with Gasteiger partial charge < -0.3 is 4.90 Å². The van der Waals surface area contributed by atoms with Crippen LogP contribution in [0.3, 0.4) is 0 Å². The van der Waals surface area contributed by atoms with Gasteiger partial charge in [0.1, 0.15) is 0 Å². The van der Waals surface area contributed by atoms with Crippen molar-refractivity contribution in [2.45, 2.75) is 26.7 Å². The van der Waals surface area contributed by atoms with E-state index in [1.807, 2.05) is 13.8 Å². The maximum absolute atomic E-state index is 12.4. The molecular formula is C14H15Cl2NO2. The first-order valence-corrected chi connectivity index (χ1v) is 7.10. The van der Waals surface area contributed by atoms with Crippen LogP contribution in [0.25, 0.3) is 0 Å². The van der Waals surface area contributed by atoms with E-state index in [0.717, 1.165) is 5.56 Å². The minimum atomic E-state index is -0.157. The monoisotopic (exact) mass is 299 g/mol. The van der Waals surface area contributed by atoms with Crippen LogP contribution >= 0.6 is 23.2 Å². The Bertz CT molecular complexity index is 551. The summed E-state index contributed by atoms with van der Waals surface area (Å²) in [5.74, 6) is -0.181. The highest BCUT2D eigenvalue weighted by molar-refractivity contribution is 6.43. The van der Waals surface area contributed by atoms with Gasteiger partial charge in [-0.15, -0.1) is 0 Å². The molecule has 0 saturated carbocycles. The predicted molar refractivity (Wildman–Crippen MR) is 76.4 cm³/mol. The fraction of sp³-hybridized carbons (Fsp3) is 0.429. The fourth-order valence-electron chi connectivity index (χ4n) is 2.45. The summed E-state index contributed by atoms with van der Waals surface area (Å²) < 4.78 is 0. The molecule has 0 aliphatic heterocycles. The molecule has 0 heterocycles. The molecule has 19 heavy (non-hydrogen) atoms. The molecule has 5 heteroatoms. The molecule has 0 unspecified atom stereocenters. The van der Waals surface area contributed by atoms with Crippen molar-refractivity contribution in [2.75, 3.05) is 13.1 Å². The van der Waals surface area contributed by atoms with E-state index in [4.69, 9.17) is 23.2 Å². The van der Waals surface area contributed by atoms with Gasteiger partial charge in [-0.1, -0.05) is 23.2 Å². The first-order valence-electron chi connectivity index (χ1n) is 6.34. The van der Waals surface area contributed by atoms with E-state index < -0.39 is 0 Å². The number of hydrogen-bond acceptors (Lipinski definition) is 2. The zero-order valence-corrected chi connectivity index (χ0v) is 12.4. The molecule has 0 aromatic heterocycles. The molecule has 0 bridgehead atoms. The standard InChI is InChI=1S/C14H15Cl2NO2/c1-3-17(4-2)14(19)9-7-10(15)13(16)8-5-6-11(18)12(8)9/h7H,3-6H2,1-2H3. The van der Waals surface area contributed by atoms with Crippen LogP contribution in [-0.4, -0.2) is 29.7 Å². The lowest BCUT2D eigenvalue weighted by Crippen LogP contribution is -2.31. The summed E-state index contributed by atoms with van der Waals surface area (Å²) in [4.78, 5) is 26.1. The molecule has 0 saturated heterocycles. The fourth-order valence-corrected chi connectivity index (χ4v) is 2.91. The Morgan fingerprint density at radius 1 is 1.26 bits per heavy atom. The van der Waals surface area contributed by atoms with Crippen molar-refractivity contribution >= 4 is 34.9 Å². The maximum atomic E-state index is 12.4. The molecular weight excluding hydrogens is 285 g/mol. The topological polar surface area (TPSA) is 37.4 Å². The summed E-state index contributed by atoms with van der Waals surface area (Å²) in [5.41, 5.74) is 1.57. The lowest BCUT2D eigenvalue weighted by molar-refractivity contribution is 0.0768. The Labute approximate surface area is 122 Å². The van der Waals surface area contributed by atoms with E-state index in [1.54, 1.807) is 4.90 Å². The number of halogens is 2. The van der Waals surface area contributed by atoms with E-state index in [9.17, 15) is 9.59 Å². The first-order chi connectivity index (χ1) is 9.01. The van der Waals surface area contributed by atoms with Crippen molar-refractivity contribution < 1.29 is 9.59 Å². The van der Waals surface area contributed by atoms with Crippen molar-refractivity contribution in [3.63, 3.8) is 0 Å². The average Bonchev–Trinajstić information content (AvgIpc) is 2.77. The summed E-state index contributed by atoms with van der Waals surface area (Å²) in [6, 6.07) is 1.52. The number of benzene rings is 1. The van der Waals surface area contributed by atoms with Gasteiger partial charge in [0.05, 0.1) is 15.6 Å². The highest BCUT2D eigenvalue weighted by atomic mass is 35.5. The Morgan fingerprint density at radius 3 is 2.47 bits per heavy atom. The molecule has 1 aromatic rings. The summed E-state index contributed by atoms with van der Waals surface area (Å²) in [6.45, 7) is 5.00. The molecule has 3 nitrogen and oxygen atoms in total. The highest BCUT2D eigenvalue weighted by Gasteiger charge is 2.30. The second-order valence-electron chi connectivity index (χ2n) is 4.47. The van der Waals surface area contributed by atoms with Gasteiger partial charge in [-0.3, -0.25) is 9.59 Å². The van der Waals surface area contributed by atoms with Crippen molar-refractivity contribution in [1.29, 1.82) is 0 Å². The summed E-state index contributed by atoms with van der Waals surface area (Å²) in [7, 11) is 0. The second-order valence-corrected chi connectivity index (χ2v) is 5.26. The number of Topliss-reactive ketones (excluding diaryl/α,β-unsaturated/α-hetero) is 1. The number of hydrogen-bond donors (Lipinski definition) is 0. The predicted octanol–water partition coefficient (Wildman–Crippen LogP) is 3.60. The Hall–Kier alpha value is -1.06. The number of amides is 1. The van der Waals surface area contributed by atoms with Crippen molar-refractivity contribution in [1.82, 2.24) is 4.90 Å². The molecule has 0 fully saturated rings. The molecule has 2 rings (SSSR count). The van der Waals surface area contributed by atoms with Crippen LogP contribution < -0.4 is 0 Å². The third kappa shape index (κ3) is 2.37.